The number of hydrogen-bond acceptors (Lipinski definition) is 5. The van der Waals surface area contributed by atoms with Crippen molar-refractivity contribution in [1.29, 1.82) is 0 Å². The van der Waals surface area contributed by atoms with E-state index in [1.54, 1.807) is 17.4 Å². The monoisotopic (exact) mass is 411 g/mol. The number of aromatic nitrogens is 1. The molecule has 0 amide bonds. The molecular weight excluding hydrogens is 390 g/mol. The van der Waals surface area contributed by atoms with Gasteiger partial charge in [0.2, 0.25) is 0 Å². The molecule has 2 N–H and O–H groups in total. The number of anilines is 1. The number of hydrogen-bond donors (Lipinski definition) is 2. The zero-order valence-corrected chi connectivity index (χ0v) is 17.3. The van der Waals surface area contributed by atoms with E-state index in [1.165, 1.54) is 0 Å². The van der Waals surface area contributed by atoms with Gasteiger partial charge >= 0.3 is 0 Å². The molecule has 0 aliphatic rings. The van der Waals surface area contributed by atoms with E-state index in [2.05, 4.69) is 17.6 Å². The number of halogens is 1. The van der Waals surface area contributed by atoms with Gasteiger partial charge in [0.25, 0.3) is 0 Å². The third-order valence-electron chi connectivity index (χ3n) is 4.72. The van der Waals surface area contributed by atoms with E-state index in [9.17, 15) is 4.79 Å². The molecular formula is C22H22ClN3OS. The molecule has 6 heteroatoms. The molecule has 0 atom stereocenters. The van der Waals surface area contributed by atoms with Gasteiger partial charge < -0.3 is 10.6 Å². The summed E-state index contributed by atoms with van der Waals surface area (Å²) in [6, 6.07) is 13.3. The fourth-order valence-electron chi connectivity index (χ4n) is 3.37. The minimum Gasteiger partial charge on any atom is -0.369 e. The predicted molar refractivity (Wildman–Crippen MR) is 122 cm³/mol. The standard InChI is InChI=1S/C22H22ClN3OS/c1-2-10-24-11-5-12-25-22-21-19(15-6-3-4-7-17(15)26-22)20(27)16-13-14(23)8-9-18(16)28-21/h3-4,6-9,13,24H,2,5,10-12H2,1H3,(H,25,26). The lowest BCUT2D eigenvalue weighted by Gasteiger charge is -2.12. The Labute approximate surface area is 172 Å². The number of nitrogens with zero attached hydrogens (tertiary/aromatic N) is 1. The molecule has 0 spiro atoms. The third-order valence-corrected chi connectivity index (χ3v) is 6.14. The van der Waals surface area contributed by atoms with Crippen LogP contribution in [0.3, 0.4) is 0 Å². The van der Waals surface area contributed by atoms with Crippen molar-refractivity contribution in [3.63, 3.8) is 0 Å². The fourth-order valence-corrected chi connectivity index (χ4v) is 4.68. The molecule has 0 unspecified atom stereocenters. The van der Waals surface area contributed by atoms with Gasteiger partial charge in [0, 0.05) is 27.0 Å². The van der Waals surface area contributed by atoms with Crippen LogP contribution >= 0.6 is 22.9 Å². The van der Waals surface area contributed by atoms with E-state index < -0.39 is 0 Å². The van der Waals surface area contributed by atoms with E-state index in [0.29, 0.717) is 10.4 Å². The molecule has 28 heavy (non-hydrogen) atoms. The Morgan fingerprint density at radius 2 is 1.93 bits per heavy atom. The van der Waals surface area contributed by atoms with Crippen molar-refractivity contribution in [2.45, 2.75) is 19.8 Å². The van der Waals surface area contributed by atoms with Crippen molar-refractivity contribution in [2.75, 3.05) is 25.0 Å². The highest BCUT2D eigenvalue weighted by atomic mass is 35.5. The number of nitrogens with one attached hydrogen (secondary N) is 2. The molecule has 4 rings (SSSR count). The number of pyridine rings is 1. The van der Waals surface area contributed by atoms with Gasteiger partial charge in [0.05, 0.1) is 15.6 Å². The average Bonchev–Trinajstić information content (AvgIpc) is 2.71. The summed E-state index contributed by atoms with van der Waals surface area (Å²) in [6.07, 6.45) is 2.13. The lowest BCUT2D eigenvalue weighted by Crippen LogP contribution is -2.19. The molecule has 0 aliphatic heterocycles. The Balaban J connectivity index is 1.83. The summed E-state index contributed by atoms with van der Waals surface area (Å²) in [6.45, 7) is 4.96. The van der Waals surface area contributed by atoms with Crippen LogP contribution in [0.15, 0.2) is 47.3 Å². The molecule has 0 bridgehead atoms. The first-order valence-corrected chi connectivity index (χ1v) is 10.8. The third kappa shape index (κ3) is 3.70. The van der Waals surface area contributed by atoms with Crippen molar-refractivity contribution in [1.82, 2.24) is 10.3 Å². The van der Waals surface area contributed by atoms with Crippen LogP contribution in [0.1, 0.15) is 19.8 Å². The van der Waals surface area contributed by atoms with Crippen LogP contribution in [0.25, 0.3) is 31.1 Å². The Bertz CT molecular complexity index is 1210. The van der Waals surface area contributed by atoms with E-state index >= 15 is 0 Å². The lowest BCUT2D eigenvalue weighted by atomic mass is 10.1. The van der Waals surface area contributed by atoms with Crippen LogP contribution < -0.4 is 16.1 Å². The minimum absolute atomic E-state index is 0.0116. The summed E-state index contributed by atoms with van der Waals surface area (Å²) >= 11 is 7.74. The fraction of sp³-hybridized carbons (Fsp3) is 0.273. The predicted octanol–water partition coefficient (Wildman–Crippen LogP) is 5.42. The Kier molecular flexibility index (Phi) is 5.76. The molecule has 0 radical (unpaired) electrons. The molecule has 4 aromatic rings. The maximum Gasteiger partial charge on any atom is 0.196 e. The molecule has 4 nitrogen and oxygen atoms in total. The number of fused-ring (bicyclic) bond motifs is 4. The number of para-hydroxylation sites is 1. The Morgan fingerprint density at radius 1 is 1.07 bits per heavy atom. The van der Waals surface area contributed by atoms with Crippen molar-refractivity contribution < 1.29 is 0 Å². The first-order chi connectivity index (χ1) is 13.7. The highest BCUT2D eigenvalue weighted by Gasteiger charge is 2.15. The van der Waals surface area contributed by atoms with E-state index in [4.69, 9.17) is 16.6 Å². The molecule has 0 saturated carbocycles. The van der Waals surface area contributed by atoms with Gasteiger partial charge in [0.15, 0.2) is 5.43 Å². The summed E-state index contributed by atoms with van der Waals surface area (Å²) in [5, 5.41) is 9.70. The normalized spacial score (nSPS) is 11.5. The maximum atomic E-state index is 13.3. The molecule has 2 aromatic carbocycles. The Hall–Kier alpha value is -2.21. The minimum atomic E-state index is 0.0116. The van der Waals surface area contributed by atoms with Crippen LogP contribution in [0, 0.1) is 0 Å². The van der Waals surface area contributed by atoms with Gasteiger partial charge in [-0.3, -0.25) is 4.79 Å². The molecule has 0 saturated heterocycles. The first kappa shape index (κ1) is 19.1. The SMILES string of the molecule is CCCNCCCNc1nc2ccccc2c2c(=O)c3cc(Cl)ccc3sc12. The Morgan fingerprint density at radius 3 is 2.79 bits per heavy atom. The van der Waals surface area contributed by atoms with Crippen LogP contribution in [0.4, 0.5) is 5.82 Å². The lowest BCUT2D eigenvalue weighted by molar-refractivity contribution is 0.651. The molecule has 2 heterocycles. The van der Waals surface area contributed by atoms with E-state index in [-0.39, 0.29) is 5.43 Å². The average molecular weight is 412 g/mol. The smallest absolute Gasteiger partial charge is 0.196 e. The highest BCUT2D eigenvalue weighted by molar-refractivity contribution is 7.25. The van der Waals surface area contributed by atoms with Crippen LogP contribution in [-0.4, -0.2) is 24.6 Å². The largest absolute Gasteiger partial charge is 0.369 e. The van der Waals surface area contributed by atoms with E-state index in [1.807, 2.05) is 36.4 Å². The number of rotatable bonds is 7. The van der Waals surface area contributed by atoms with Crippen molar-refractivity contribution >= 4 is 59.8 Å². The molecule has 144 valence electrons. The quantitative estimate of drug-likeness (QED) is 0.242. The first-order valence-electron chi connectivity index (χ1n) is 9.58. The summed E-state index contributed by atoms with van der Waals surface area (Å²) < 4.78 is 1.83. The second kappa shape index (κ2) is 8.43. The van der Waals surface area contributed by atoms with Crippen molar-refractivity contribution in [3.8, 4) is 0 Å². The van der Waals surface area contributed by atoms with Gasteiger partial charge in [-0.15, -0.1) is 11.3 Å². The topological polar surface area (TPSA) is 54.0 Å². The molecule has 0 aliphatic carbocycles. The van der Waals surface area contributed by atoms with Crippen molar-refractivity contribution in [2.24, 2.45) is 0 Å². The molecule has 0 fully saturated rings. The zero-order chi connectivity index (χ0) is 19.5. The second-order valence-corrected chi connectivity index (χ2v) is 8.27. The molecule has 2 aromatic heterocycles. The number of benzene rings is 2. The van der Waals surface area contributed by atoms with Gasteiger partial charge in [-0.1, -0.05) is 36.7 Å². The van der Waals surface area contributed by atoms with Gasteiger partial charge in [-0.2, -0.15) is 0 Å². The van der Waals surface area contributed by atoms with Gasteiger partial charge in [-0.25, -0.2) is 4.98 Å². The summed E-state index contributed by atoms with van der Waals surface area (Å²) in [4.78, 5) is 18.2. The highest BCUT2D eigenvalue weighted by Crippen LogP contribution is 2.34. The summed E-state index contributed by atoms with van der Waals surface area (Å²) in [7, 11) is 0. The van der Waals surface area contributed by atoms with Gasteiger partial charge in [-0.05, 0) is 50.2 Å². The van der Waals surface area contributed by atoms with Crippen LogP contribution in [-0.2, 0) is 0 Å². The zero-order valence-electron chi connectivity index (χ0n) is 15.7. The van der Waals surface area contributed by atoms with Crippen LogP contribution in [0.2, 0.25) is 5.02 Å². The van der Waals surface area contributed by atoms with Gasteiger partial charge in [0.1, 0.15) is 5.82 Å². The summed E-state index contributed by atoms with van der Waals surface area (Å²) in [5.74, 6) is 0.781. The maximum absolute atomic E-state index is 13.3. The second-order valence-electron chi connectivity index (χ2n) is 6.78. The summed E-state index contributed by atoms with van der Waals surface area (Å²) in [5.41, 5.74) is 0.838. The van der Waals surface area contributed by atoms with E-state index in [0.717, 1.165) is 64.0 Å². The van der Waals surface area contributed by atoms with Crippen LogP contribution in [0.5, 0.6) is 0 Å². The van der Waals surface area contributed by atoms with Crippen molar-refractivity contribution in [3.05, 3.63) is 57.7 Å².